The summed E-state index contributed by atoms with van der Waals surface area (Å²) >= 11 is 0. The van der Waals surface area contributed by atoms with Crippen LogP contribution in [0.1, 0.15) is 23.3 Å². The SMILES string of the molecule is CN1CCC(Oc2n[nH]c3nccc(Oc4ccc(NC(=O)c5nccn(-c6ccc(F)cc6)c5=O)cc4F)c23)CC1.Cl.Cl. The number of amides is 1. The zero-order chi connectivity index (χ0) is 29.2. The number of hydrogen-bond donors (Lipinski definition) is 2. The number of nitrogens with zero attached hydrogens (tertiary/aromatic N) is 5. The molecule has 2 aromatic carbocycles. The average Bonchev–Trinajstić information content (AvgIpc) is 3.40. The second kappa shape index (κ2) is 13.8. The maximum absolute atomic E-state index is 15.2. The maximum Gasteiger partial charge on any atom is 0.286 e. The van der Waals surface area contributed by atoms with Gasteiger partial charge in [0.2, 0.25) is 5.88 Å². The molecule has 0 unspecified atom stereocenters. The number of hydrogen-bond acceptors (Lipinski definition) is 8. The van der Waals surface area contributed by atoms with E-state index in [9.17, 15) is 14.0 Å². The number of aromatic amines is 1. The van der Waals surface area contributed by atoms with Gasteiger partial charge in [0.25, 0.3) is 11.5 Å². The molecule has 1 aliphatic heterocycles. The van der Waals surface area contributed by atoms with E-state index in [1.54, 1.807) is 6.07 Å². The first kappa shape index (κ1) is 32.3. The van der Waals surface area contributed by atoms with Crippen LogP contribution < -0.4 is 20.3 Å². The summed E-state index contributed by atoms with van der Waals surface area (Å²) in [5, 5.41) is 10.0. The monoisotopic (exact) mass is 645 g/mol. The van der Waals surface area contributed by atoms with Gasteiger partial charge >= 0.3 is 0 Å². The van der Waals surface area contributed by atoms with Crippen molar-refractivity contribution in [2.45, 2.75) is 18.9 Å². The van der Waals surface area contributed by atoms with Crippen molar-refractivity contribution in [2.24, 2.45) is 0 Å². The number of rotatable bonds is 7. The summed E-state index contributed by atoms with van der Waals surface area (Å²) in [6.07, 6.45) is 5.82. The molecule has 4 heterocycles. The van der Waals surface area contributed by atoms with Crippen LogP contribution in [0.15, 0.2) is 71.9 Å². The Labute approximate surface area is 262 Å². The lowest BCUT2D eigenvalue weighted by atomic mass is 10.1. The average molecular weight is 646 g/mol. The van der Waals surface area contributed by atoms with Gasteiger partial charge in [0, 0.05) is 55.2 Å². The Morgan fingerprint density at radius 1 is 1.00 bits per heavy atom. The summed E-state index contributed by atoms with van der Waals surface area (Å²) in [4.78, 5) is 36.1. The van der Waals surface area contributed by atoms with Gasteiger partial charge in [-0.25, -0.2) is 18.7 Å². The van der Waals surface area contributed by atoms with Crippen LogP contribution in [0, 0.1) is 11.6 Å². The molecular weight excluding hydrogens is 619 g/mol. The number of pyridine rings is 1. The molecule has 1 saturated heterocycles. The molecule has 1 fully saturated rings. The number of carbonyl (C=O) groups is 1. The number of aromatic nitrogens is 5. The van der Waals surface area contributed by atoms with E-state index < -0.39 is 28.8 Å². The normalized spacial score (nSPS) is 13.5. The second-order valence-corrected chi connectivity index (χ2v) is 9.81. The minimum absolute atomic E-state index is 0. The number of fused-ring (bicyclic) bond motifs is 1. The smallest absolute Gasteiger partial charge is 0.286 e. The molecule has 0 atom stereocenters. The van der Waals surface area contributed by atoms with Crippen molar-refractivity contribution in [3.8, 4) is 23.1 Å². The van der Waals surface area contributed by atoms with Crippen LogP contribution in [-0.4, -0.2) is 61.8 Å². The van der Waals surface area contributed by atoms with Crippen LogP contribution in [0.5, 0.6) is 17.4 Å². The van der Waals surface area contributed by atoms with Crippen LogP contribution in [0.25, 0.3) is 16.7 Å². The highest BCUT2D eigenvalue weighted by Gasteiger charge is 2.23. The van der Waals surface area contributed by atoms with Crippen molar-refractivity contribution >= 4 is 47.4 Å². The lowest BCUT2D eigenvalue weighted by molar-refractivity contribution is 0.102. The van der Waals surface area contributed by atoms with E-state index in [2.05, 4.69) is 37.4 Å². The number of benzene rings is 2. The lowest BCUT2D eigenvalue weighted by Crippen LogP contribution is -2.35. The molecular formula is C29H27Cl2F2N7O4. The molecule has 15 heteroatoms. The molecule has 0 aliphatic carbocycles. The summed E-state index contributed by atoms with van der Waals surface area (Å²) in [5.41, 5.74) is -0.270. The predicted molar refractivity (Wildman–Crippen MR) is 164 cm³/mol. The molecule has 0 bridgehead atoms. The van der Waals surface area contributed by atoms with Gasteiger partial charge in [-0.2, -0.15) is 0 Å². The topological polar surface area (TPSA) is 127 Å². The molecule has 11 nitrogen and oxygen atoms in total. The minimum Gasteiger partial charge on any atom is -0.473 e. The number of H-pyrrole nitrogens is 1. The quantitative estimate of drug-likeness (QED) is 0.249. The Hall–Kier alpha value is -4.59. The number of piperidine rings is 1. The molecule has 2 N–H and O–H groups in total. The second-order valence-electron chi connectivity index (χ2n) is 9.81. The first-order valence-electron chi connectivity index (χ1n) is 13.2. The van der Waals surface area contributed by atoms with E-state index in [0.29, 0.717) is 28.4 Å². The lowest BCUT2D eigenvalue weighted by Gasteiger charge is -2.28. The van der Waals surface area contributed by atoms with E-state index in [4.69, 9.17) is 9.47 Å². The Morgan fingerprint density at radius 3 is 2.48 bits per heavy atom. The van der Waals surface area contributed by atoms with Gasteiger partial charge < -0.3 is 19.7 Å². The molecule has 5 aromatic rings. The molecule has 3 aromatic heterocycles. The third-order valence-electron chi connectivity index (χ3n) is 6.90. The molecule has 1 aliphatic rings. The van der Waals surface area contributed by atoms with Gasteiger partial charge in [-0.05, 0) is 56.3 Å². The number of likely N-dealkylation sites (tertiary alicyclic amines) is 1. The Kier molecular flexibility index (Phi) is 10.1. The first-order valence-corrected chi connectivity index (χ1v) is 13.2. The molecule has 230 valence electrons. The molecule has 0 radical (unpaired) electrons. The third kappa shape index (κ3) is 6.80. The molecule has 6 rings (SSSR count). The highest BCUT2D eigenvalue weighted by atomic mass is 35.5. The van der Waals surface area contributed by atoms with E-state index in [1.807, 2.05) is 0 Å². The molecule has 1 amide bonds. The summed E-state index contributed by atoms with van der Waals surface area (Å²) in [7, 11) is 2.06. The van der Waals surface area contributed by atoms with Crippen LogP contribution >= 0.6 is 24.8 Å². The van der Waals surface area contributed by atoms with Crippen molar-refractivity contribution in [3.63, 3.8) is 0 Å². The van der Waals surface area contributed by atoms with Crippen molar-refractivity contribution in [1.29, 1.82) is 0 Å². The Balaban J connectivity index is 0.00000221. The van der Waals surface area contributed by atoms with E-state index >= 15 is 4.39 Å². The standard InChI is InChI=1S/C29H25F2N7O4.2ClH/c1-37-13-9-20(10-14-37)41-28-24-23(8-11-33-26(24)35-36-28)42-22-7-4-18(16-21(22)31)34-27(39)25-29(40)38(15-12-32-25)19-5-2-17(30)3-6-19;;/h2-8,11-12,15-16,20H,9-10,13-14H2,1H3,(H,34,39)(H,33,35,36);2*1H. The van der Waals surface area contributed by atoms with Gasteiger partial charge in [0.05, 0.1) is 0 Å². The van der Waals surface area contributed by atoms with Gasteiger partial charge in [0.1, 0.15) is 23.1 Å². The van der Waals surface area contributed by atoms with E-state index in [0.717, 1.165) is 36.6 Å². The highest BCUT2D eigenvalue weighted by Crippen LogP contribution is 2.36. The summed E-state index contributed by atoms with van der Waals surface area (Å²) < 4.78 is 41.6. The van der Waals surface area contributed by atoms with Crippen molar-refractivity contribution < 1.29 is 23.0 Å². The fourth-order valence-corrected chi connectivity index (χ4v) is 4.67. The highest BCUT2D eigenvalue weighted by molar-refractivity contribution is 6.02. The van der Waals surface area contributed by atoms with E-state index in [-0.39, 0.29) is 42.4 Å². The zero-order valence-electron chi connectivity index (χ0n) is 23.2. The summed E-state index contributed by atoms with van der Waals surface area (Å²) in [6.45, 7) is 1.82. The van der Waals surface area contributed by atoms with Gasteiger partial charge in [0.15, 0.2) is 22.9 Å². The van der Waals surface area contributed by atoms with Gasteiger partial charge in [-0.1, -0.05) is 0 Å². The predicted octanol–water partition coefficient (Wildman–Crippen LogP) is 5.14. The van der Waals surface area contributed by atoms with Crippen LogP contribution in [0.2, 0.25) is 0 Å². The minimum atomic E-state index is -0.838. The molecule has 0 saturated carbocycles. The van der Waals surface area contributed by atoms with Crippen molar-refractivity contribution in [2.75, 3.05) is 25.5 Å². The van der Waals surface area contributed by atoms with E-state index in [1.165, 1.54) is 55.0 Å². The summed E-state index contributed by atoms with van der Waals surface area (Å²) in [6, 6.07) is 10.6. The molecule has 0 spiro atoms. The van der Waals surface area contributed by atoms with Gasteiger partial charge in [-0.15, -0.1) is 29.9 Å². The molecule has 44 heavy (non-hydrogen) atoms. The zero-order valence-corrected chi connectivity index (χ0v) is 24.8. The Morgan fingerprint density at radius 2 is 1.75 bits per heavy atom. The number of anilines is 1. The van der Waals surface area contributed by atoms with Crippen LogP contribution in [0.4, 0.5) is 14.5 Å². The van der Waals surface area contributed by atoms with Crippen molar-refractivity contribution in [1.82, 2.24) is 29.6 Å². The number of carbonyl (C=O) groups excluding carboxylic acids is 1. The number of ether oxygens (including phenoxy) is 2. The largest absolute Gasteiger partial charge is 0.473 e. The Bertz CT molecular complexity index is 1830. The van der Waals surface area contributed by atoms with Gasteiger partial charge in [-0.3, -0.25) is 19.3 Å². The first-order chi connectivity index (χ1) is 20.4. The number of halogens is 4. The van der Waals surface area contributed by atoms with Crippen molar-refractivity contribution in [3.05, 3.63) is 94.8 Å². The number of nitrogens with one attached hydrogen (secondary N) is 2. The van der Waals surface area contributed by atoms with Crippen LogP contribution in [-0.2, 0) is 0 Å². The summed E-state index contributed by atoms with van der Waals surface area (Å²) in [5.74, 6) is -1.55. The fraction of sp³-hybridized carbons (Fsp3) is 0.207. The maximum atomic E-state index is 15.2. The van der Waals surface area contributed by atoms with Crippen LogP contribution in [0.3, 0.4) is 0 Å². The fourth-order valence-electron chi connectivity index (χ4n) is 4.67. The third-order valence-corrected chi connectivity index (χ3v) is 6.90.